The Bertz CT molecular complexity index is 566. The minimum Gasteiger partial charge on any atom is -0.389 e. The molecule has 3 rings (SSSR count). The van der Waals surface area contributed by atoms with Crippen LogP contribution in [0.15, 0.2) is 30.3 Å². The second-order valence-electron chi connectivity index (χ2n) is 8.10. The molecule has 2 fully saturated rings. The van der Waals surface area contributed by atoms with Gasteiger partial charge in [0.15, 0.2) is 0 Å². The zero-order valence-electron chi connectivity index (χ0n) is 15.9. The highest BCUT2D eigenvalue weighted by atomic mass is 16.5. The van der Waals surface area contributed by atoms with Crippen molar-refractivity contribution in [3.63, 3.8) is 0 Å². The van der Waals surface area contributed by atoms with E-state index in [1.807, 2.05) is 0 Å². The van der Waals surface area contributed by atoms with Crippen LogP contribution in [0.2, 0.25) is 0 Å². The van der Waals surface area contributed by atoms with E-state index in [0.29, 0.717) is 13.2 Å². The lowest BCUT2D eigenvalue weighted by molar-refractivity contribution is -0.0710. The van der Waals surface area contributed by atoms with E-state index in [1.165, 1.54) is 31.2 Å². The molecule has 0 unspecified atom stereocenters. The standard InChI is InChI=1S/C23H33NO2/c1-2-23(13-7-4-8-14-23)26-19-22(25)18-24-15-11-21(12-16-24)17-20-9-5-3-6-10-20/h1,3,5-6,9-10,21-22,25H,4,7-8,11-19H2/t22-/m1/s1. The predicted molar refractivity (Wildman–Crippen MR) is 106 cm³/mol. The van der Waals surface area contributed by atoms with Crippen molar-refractivity contribution in [3.05, 3.63) is 35.9 Å². The third-order valence-electron chi connectivity index (χ3n) is 6.02. The lowest BCUT2D eigenvalue weighted by Gasteiger charge is -2.35. The number of nitrogens with zero attached hydrogens (tertiary/aromatic N) is 1. The molecule has 1 saturated carbocycles. The molecular formula is C23H33NO2. The SMILES string of the molecule is C#CC1(OC[C@H](O)CN2CCC(Cc3ccccc3)CC2)CCCCC1. The molecule has 1 N–H and O–H groups in total. The Labute approximate surface area is 158 Å². The van der Waals surface area contributed by atoms with Crippen molar-refractivity contribution in [1.82, 2.24) is 4.90 Å². The number of aliphatic hydroxyl groups excluding tert-OH is 1. The average molecular weight is 356 g/mol. The van der Waals surface area contributed by atoms with E-state index >= 15 is 0 Å². The Morgan fingerprint density at radius 2 is 1.85 bits per heavy atom. The van der Waals surface area contributed by atoms with Crippen molar-refractivity contribution in [2.75, 3.05) is 26.2 Å². The molecule has 1 aliphatic carbocycles. The third kappa shape index (κ3) is 5.58. The van der Waals surface area contributed by atoms with Crippen LogP contribution in [-0.4, -0.2) is 48.0 Å². The summed E-state index contributed by atoms with van der Waals surface area (Å²) in [6.07, 6.45) is 14.2. The van der Waals surface area contributed by atoms with Gasteiger partial charge >= 0.3 is 0 Å². The molecule has 1 aromatic rings. The molecule has 0 amide bonds. The lowest BCUT2D eigenvalue weighted by Crippen LogP contribution is -2.42. The molecule has 2 aliphatic rings. The van der Waals surface area contributed by atoms with E-state index in [2.05, 4.69) is 41.2 Å². The molecule has 0 spiro atoms. The molecule has 0 aromatic heterocycles. The Balaban J connectivity index is 1.36. The third-order valence-corrected chi connectivity index (χ3v) is 6.02. The van der Waals surface area contributed by atoms with Crippen LogP contribution in [0.5, 0.6) is 0 Å². The Hall–Kier alpha value is -1.34. The molecule has 1 aliphatic heterocycles. The topological polar surface area (TPSA) is 32.7 Å². The smallest absolute Gasteiger partial charge is 0.128 e. The number of hydrogen-bond acceptors (Lipinski definition) is 3. The summed E-state index contributed by atoms with van der Waals surface area (Å²) in [5.74, 6) is 3.62. The van der Waals surface area contributed by atoms with Gasteiger partial charge in [0.2, 0.25) is 0 Å². The van der Waals surface area contributed by atoms with Crippen molar-refractivity contribution < 1.29 is 9.84 Å². The van der Waals surface area contributed by atoms with Crippen molar-refractivity contribution in [2.45, 2.75) is 63.1 Å². The van der Waals surface area contributed by atoms with Gasteiger partial charge in [-0.1, -0.05) is 42.7 Å². The molecule has 0 bridgehead atoms. The molecule has 3 nitrogen and oxygen atoms in total. The molecule has 1 atom stereocenters. The van der Waals surface area contributed by atoms with E-state index in [-0.39, 0.29) is 0 Å². The summed E-state index contributed by atoms with van der Waals surface area (Å²) in [6.45, 7) is 3.18. The molecule has 26 heavy (non-hydrogen) atoms. The Morgan fingerprint density at radius 3 is 2.50 bits per heavy atom. The maximum absolute atomic E-state index is 10.4. The number of ether oxygens (including phenoxy) is 1. The van der Waals surface area contributed by atoms with Gasteiger partial charge in [0.05, 0.1) is 12.7 Å². The second kappa shape index (κ2) is 9.55. The van der Waals surface area contributed by atoms with Crippen LogP contribution in [-0.2, 0) is 11.2 Å². The summed E-state index contributed by atoms with van der Waals surface area (Å²) in [4.78, 5) is 2.37. The maximum atomic E-state index is 10.4. The van der Waals surface area contributed by atoms with Gasteiger partial charge in [-0.25, -0.2) is 0 Å². The second-order valence-corrected chi connectivity index (χ2v) is 8.10. The number of piperidine rings is 1. The highest BCUT2D eigenvalue weighted by molar-refractivity contribution is 5.15. The van der Waals surface area contributed by atoms with Gasteiger partial charge in [0, 0.05) is 6.54 Å². The molecular weight excluding hydrogens is 322 g/mol. The molecule has 1 heterocycles. The van der Waals surface area contributed by atoms with E-state index in [9.17, 15) is 5.11 Å². The van der Waals surface area contributed by atoms with E-state index in [1.54, 1.807) is 0 Å². The summed E-state index contributed by atoms with van der Waals surface area (Å²) in [5, 5.41) is 10.4. The number of hydrogen-bond donors (Lipinski definition) is 1. The van der Waals surface area contributed by atoms with E-state index in [4.69, 9.17) is 11.2 Å². The number of rotatable bonds is 7. The summed E-state index contributed by atoms with van der Waals surface area (Å²) < 4.78 is 6.01. The highest BCUT2D eigenvalue weighted by Gasteiger charge is 2.31. The number of benzene rings is 1. The first-order valence-corrected chi connectivity index (χ1v) is 10.3. The fourth-order valence-electron chi connectivity index (χ4n) is 4.38. The van der Waals surface area contributed by atoms with Crippen LogP contribution >= 0.6 is 0 Å². The molecule has 1 saturated heterocycles. The Morgan fingerprint density at radius 1 is 1.15 bits per heavy atom. The Kier molecular flexibility index (Phi) is 7.14. The van der Waals surface area contributed by atoms with Gasteiger partial charge in [-0.15, -0.1) is 6.42 Å². The normalized spacial score (nSPS) is 22.6. The zero-order chi connectivity index (χ0) is 18.2. The number of terminal acetylenes is 1. The van der Waals surface area contributed by atoms with Crippen molar-refractivity contribution >= 4 is 0 Å². The fraction of sp³-hybridized carbons (Fsp3) is 0.652. The average Bonchev–Trinajstić information content (AvgIpc) is 2.69. The molecule has 1 aromatic carbocycles. The molecule has 0 radical (unpaired) electrons. The van der Waals surface area contributed by atoms with Crippen LogP contribution in [0.25, 0.3) is 0 Å². The minimum atomic E-state index is -0.451. The molecule has 142 valence electrons. The summed E-state index contributed by atoms with van der Waals surface area (Å²) in [7, 11) is 0. The van der Waals surface area contributed by atoms with Crippen LogP contribution in [0, 0.1) is 18.3 Å². The predicted octanol–water partition coefficient (Wildman–Crippen LogP) is 3.65. The van der Waals surface area contributed by atoms with Gasteiger partial charge < -0.3 is 14.7 Å². The fourth-order valence-corrected chi connectivity index (χ4v) is 4.38. The minimum absolute atomic E-state index is 0.355. The first kappa shape index (κ1) is 19.4. The van der Waals surface area contributed by atoms with Gasteiger partial charge in [-0.05, 0) is 69.5 Å². The van der Waals surface area contributed by atoms with Crippen LogP contribution < -0.4 is 0 Å². The number of β-amino-alcohol motifs (C(OH)–C–C–N with tert-alkyl or cyclic N) is 1. The largest absolute Gasteiger partial charge is 0.389 e. The van der Waals surface area contributed by atoms with Crippen molar-refractivity contribution in [3.8, 4) is 12.3 Å². The van der Waals surface area contributed by atoms with Crippen LogP contribution in [0.3, 0.4) is 0 Å². The first-order valence-electron chi connectivity index (χ1n) is 10.3. The van der Waals surface area contributed by atoms with Gasteiger partial charge in [0.1, 0.15) is 5.60 Å². The van der Waals surface area contributed by atoms with Crippen LogP contribution in [0.4, 0.5) is 0 Å². The van der Waals surface area contributed by atoms with E-state index in [0.717, 1.165) is 44.7 Å². The van der Waals surface area contributed by atoms with E-state index < -0.39 is 11.7 Å². The summed E-state index contributed by atoms with van der Waals surface area (Å²) in [5.41, 5.74) is 1.01. The summed E-state index contributed by atoms with van der Waals surface area (Å²) in [6, 6.07) is 10.8. The zero-order valence-corrected chi connectivity index (χ0v) is 15.9. The van der Waals surface area contributed by atoms with Gasteiger partial charge in [-0.2, -0.15) is 0 Å². The summed E-state index contributed by atoms with van der Waals surface area (Å²) >= 11 is 0. The van der Waals surface area contributed by atoms with Crippen molar-refractivity contribution in [2.24, 2.45) is 5.92 Å². The monoisotopic (exact) mass is 355 g/mol. The quantitative estimate of drug-likeness (QED) is 0.758. The lowest BCUT2D eigenvalue weighted by atomic mass is 9.85. The maximum Gasteiger partial charge on any atom is 0.128 e. The van der Waals surface area contributed by atoms with Gasteiger partial charge in [0.25, 0.3) is 0 Å². The number of likely N-dealkylation sites (tertiary alicyclic amines) is 1. The number of aliphatic hydroxyl groups is 1. The molecule has 3 heteroatoms. The first-order chi connectivity index (χ1) is 12.7. The van der Waals surface area contributed by atoms with Crippen molar-refractivity contribution in [1.29, 1.82) is 0 Å². The van der Waals surface area contributed by atoms with Gasteiger partial charge in [-0.3, -0.25) is 0 Å². The van der Waals surface area contributed by atoms with Crippen LogP contribution in [0.1, 0.15) is 50.5 Å². The highest BCUT2D eigenvalue weighted by Crippen LogP contribution is 2.31.